The summed E-state index contributed by atoms with van der Waals surface area (Å²) >= 11 is 1.25. The van der Waals surface area contributed by atoms with E-state index in [2.05, 4.69) is 17.1 Å². The van der Waals surface area contributed by atoms with Gasteiger partial charge in [0, 0.05) is 0 Å². The van der Waals surface area contributed by atoms with Crippen LogP contribution in [0.15, 0.2) is 18.2 Å². The molecule has 2 aromatic rings. The first kappa shape index (κ1) is 8.85. The monoisotopic (exact) mass is 219 g/mol. The Kier molecular flexibility index (Phi) is 1.79. The lowest BCUT2D eigenvalue weighted by molar-refractivity contribution is 0.0696. The van der Waals surface area contributed by atoms with Gasteiger partial charge in [-0.15, -0.1) is 11.3 Å². The zero-order valence-corrected chi connectivity index (χ0v) is 8.75. The van der Waals surface area contributed by atoms with Crippen molar-refractivity contribution in [3.8, 4) is 0 Å². The second kappa shape index (κ2) is 3.03. The molecular weight excluding hydrogens is 210 g/mol. The topological polar surface area (TPSA) is 50.2 Å². The van der Waals surface area contributed by atoms with Crippen LogP contribution >= 0.6 is 11.3 Å². The quantitative estimate of drug-likeness (QED) is 0.844. The molecule has 0 unspecified atom stereocenters. The summed E-state index contributed by atoms with van der Waals surface area (Å²) in [7, 11) is 0. The Morgan fingerprint density at radius 3 is 2.93 bits per heavy atom. The number of carboxylic acid groups (broad SMARTS) is 1. The van der Waals surface area contributed by atoms with Gasteiger partial charge >= 0.3 is 5.97 Å². The molecule has 3 nitrogen and oxygen atoms in total. The number of nitrogens with zero attached hydrogens (tertiary/aromatic N) is 1. The lowest BCUT2D eigenvalue weighted by atomic mass is 10.1. The van der Waals surface area contributed by atoms with Crippen LogP contribution in [0.2, 0.25) is 0 Å². The normalized spacial score (nSPS) is 15.7. The predicted molar refractivity (Wildman–Crippen MR) is 58.6 cm³/mol. The third kappa shape index (κ3) is 1.51. The second-order valence-corrected chi connectivity index (χ2v) is 4.86. The first-order valence-electron chi connectivity index (χ1n) is 4.88. The number of benzene rings is 1. The average Bonchev–Trinajstić information content (AvgIpc) is 2.96. The molecule has 1 fully saturated rings. The minimum absolute atomic E-state index is 0.179. The average molecular weight is 219 g/mol. The number of aromatic nitrogens is 1. The van der Waals surface area contributed by atoms with Crippen molar-refractivity contribution in [3.63, 3.8) is 0 Å². The van der Waals surface area contributed by atoms with Crippen molar-refractivity contribution in [2.24, 2.45) is 0 Å². The molecule has 0 bridgehead atoms. The van der Waals surface area contributed by atoms with E-state index in [0.717, 1.165) is 10.2 Å². The van der Waals surface area contributed by atoms with Crippen molar-refractivity contribution in [1.29, 1.82) is 0 Å². The molecule has 1 aromatic carbocycles. The van der Waals surface area contributed by atoms with Gasteiger partial charge in [-0.25, -0.2) is 9.78 Å². The molecule has 1 aliphatic rings. The molecule has 76 valence electrons. The number of carboxylic acids is 1. The Labute approximate surface area is 90.4 Å². The van der Waals surface area contributed by atoms with Crippen LogP contribution in [0.1, 0.15) is 34.1 Å². The SMILES string of the molecule is O=C(O)c1nc2ccc(C3CC3)cc2s1. The Bertz CT molecular complexity index is 543. The van der Waals surface area contributed by atoms with E-state index in [1.807, 2.05) is 6.07 Å². The number of carbonyl (C=O) groups is 1. The van der Waals surface area contributed by atoms with E-state index in [1.165, 1.54) is 29.7 Å². The standard InChI is InChI=1S/C11H9NO2S/c13-11(14)10-12-8-4-3-7(6-1-2-6)5-9(8)15-10/h3-6H,1-2H2,(H,13,14). The Morgan fingerprint density at radius 1 is 1.47 bits per heavy atom. The maximum Gasteiger partial charge on any atom is 0.365 e. The van der Waals surface area contributed by atoms with E-state index in [1.54, 1.807) is 0 Å². The van der Waals surface area contributed by atoms with E-state index < -0.39 is 5.97 Å². The van der Waals surface area contributed by atoms with Gasteiger partial charge in [0.15, 0.2) is 0 Å². The minimum atomic E-state index is -0.941. The summed E-state index contributed by atoms with van der Waals surface area (Å²) in [5.41, 5.74) is 2.12. The molecule has 1 saturated carbocycles. The molecule has 0 amide bonds. The molecule has 1 aromatic heterocycles. The summed E-state index contributed by atoms with van der Waals surface area (Å²) in [6.45, 7) is 0. The van der Waals surface area contributed by atoms with Crippen LogP contribution in [-0.4, -0.2) is 16.1 Å². The smallest absolute Gasteiger partial charge is 0.365 e. The first-order chi connectivity index (χ1) is 7.24. The second-order valence-electron chi connectivity index (χ2n) is 3.83. The van der Waals surface area contributed by atoms with E-state index in [4.69, 9.17) is 5.11 Å². The first-order valence-corrected chi connectivity index (χ1v) is 5.69. The van der Waals surface area contributed by atoms with Crippen LogP contribution < -0.4 is 0 Å². The summed E-state index contributed by atoms with van der Waals surface area (Å²) in [6.07, 6.45) is 2.52. The third-order valence-corrected chi connectivity index (χ3v) is 3.65. The fourth-order valence-corrected chi connectivity index (χ4v) is 2.56. The Hall–Kier alpha value is -1.42. The van der Waals surface area contributed by atoms with Gasteiger partial charge in [0.05, 0.1) is 10.2 Å². The molecule has 0 radical (unpaired) electrons. The lowest BCUT2D eigenvalue weighted by Gasteiger charge is -1.95. The molecule has 0 spiro atoms. The minimum Gasteiger partial charge on any atom is -0.476 e. The summed E-state index contributed by atoms with van der Waals surface area (Å²) < 4.78 is 0.983. The molecule has 1 heterocycles. The number of hydrogen-bond acceptors (Lipinski definition) is 3. The highest BCUT2D eigenvalue weighted by Crippen LogP contribution is 2.41. The molecule has 0 atom stereocenters. The van der Waals surface area contributed by atoms with Gasteiger partial charge < -0.3 is 5.11 Å². The fourth-order valence-electron chi connectivity index (χ4n) is 1.70. The van der Waals surface area contributed by atoms with E-state index in [9.17, 15) is 4.79 Å². The molecule has 0 saturated heterocycles. The lowest BCUT2D eigenvalue weighted by Crippen LogP contribution is -1.93. The van der Waals surface area contributed by atoms with Crippen LogP contribution in [0.25, 0.3) is 10.2 Å². The molecule has 1 N–H and O–H groups in total. The number of rotatable bonds is 2. The van der Waals surface area contributed by atoms with Crippen LogP contribution in [0.4, 0.5) is 0 Å². The van der Waals surface area contributed by atoms with Crippen LogP contribution in [0.5, 0.6) is 0 Å². The summed E-state index contributed by atoms with van der Waals surface area (Å²) in [5, 5.41) is 9.00. The van der Waals surface area contributed by atoms with Gasteiger partial charge in [-0.3, -0.25) is 0 Å². The van der Waals surface area contributed by atoms with E-state index in [0.29, 0.717) is 5.92 Å². The van der Waals surface area contributed by atoms with Gasteiger partial charge in [-0.05, 0) is 36.5 Å². The fraction of sp³-hybridized carbons (Fsp3) is 0.273. The Balaban J connectivity index is 2.13. The van der Waals surface area contributed by atoms with Gasteiger partial charge in [-0.1, -0.05) is 6.07 Å². The zero-order valence-electron chi connectivity index (χ0n) is 7.93. The van der Waals surface area contributed by atoms with Crippen molar-refractivity contribution in [3.05, 3.63) is 28.8 Å². The molecular formula is C11H9NO2S. The largest absolute Gasteiger partial charge is 0.476 e. The van der Waals surface area contributed by atoms with Crippen LogP contribution in [0, 0.1) is 0 Å². The summed E-state index contributed by atoms with van der Waals surface area (Å²) in [5.74, 6) is -0.242. The number of aromatic carboxylic acids is 1. The van der Waals surface area contributed by atoms with E-state index in [-0.39, 0.29) is 5.01 Å². The molecule has 0 aliphatic heterocycles. The van der Waals surface area contributed by atoms with Crippen molar-refractivity contribution in [1.82, 2.24) is 4.98 Å². The van der Waals surface area contributed by atoms with Crippen molar-refractivity contribution < 1.29 is 9.90 Å². The third-order valence-electron chi connectivity index (χ3n) is 2.64. The van der Waals surface area contributed by atoms with Crippen LogP contribution in [-0.2, 0) is 0 Å². The van der Waals surface area contributed by atoms with Gasteiger partial charge in [0.2, 0.25) is 5.01 Å². The van der Waals surface area contributed by atoms with Crippen LogP contribution in [0.3, 0.4) is 0 Å². The van der Waals surface area contributed by atoms with Gasteiger partial charge in [0.1, 0.15) is 0 Å². The molecule has 1 aliphatic carbocycles. The van der Waals surface area contributed by atoms with E-state index >= 15 is 0 Å². The number of hydrogen-bond donors (Lipinski definition) is 1. The maximum absolute atomic E-state index is 10.7. The highest BCUT2D eigenvalue weighted by atomic mass is 32.1. The number of fused-ring (bicyclic) bond motifs is 1. The molecule has 4 heteroatoms. The van der Waals surface area contributed by atoms with Crippen molar-refractivity contribution in [2.75, 3.05) is 0 Å². The summed E-state index contributed by atoms with van der Waals surface area (Å²) in [6, 6.07) is 6.06. The summed E-state index contributed by atoms with van der Waals surface area (Å²) in [4.78, 5) is 14.8. The molecule has 15 heavy (non-hydrogen) atoms. The van der Waals surface area contributed by atoms with Crippen molar-refractivity contribution in [2.45, 2.75) is 18.8 Å². The predicted octanol–water partition coefficient (Wildman–Crippen LogP) is 2.87. The highest BCUT2D eigenvalue weighted by Gasteiger charge is 2.24. The van der Waals surface area contributed by atoms with Gasteiger partial charge in [0.25, 0.3) is 0 Å². The number of thiazole rings is 1. The van der Waals surface area contributed by atoms with Gasteiger partial charge in [-0.2, -0.15) is 0 Å². The maximum atomic E-state index is 10.7. The zero-order chi connectivity index (χ0) is 10.4. The molecule has 3 rings (SSSR count). The Morgan fingerprint density at radius 2 is 2.27 bits per heavy atom. The highest BCUT2D eigenvalue weighted by molar-refractivity contribution is 7.20. The van der Waals surface area contributed by atoms with Crippen molar-refractivity contribution >= 4 is 27.5 Å².